The first-order valence-corrected chi connectivity index (χ1v) is 10.3. The first-order valence-electron chi connectivity index (χ1n) is 9.38. The maximum atomic E-state index is 12.4. The van der Waals surface area contributed by atoms with Crippen LogP contribution >= 0.6 is 11.3 Å². The Morgan fingerprint density at radius 2 is 1.96 bits per heavy atom. The Labute approximate surface area is 148 Å². The molecule has 132 valence electrons. The Morgan fingerprint density at radius 3 is 2.58 bits per heavy atom. The van der Waals surface area contributed by atoms with E-state index >= 15 is 0 Å². The maximum absolute atomic E-state index is 12.4. The standard InChI is InChI=1S/C19H28N2O2S/c1-14-7-12-24-16(14)13-20-10-5-15(6-11-20)21-18(23)17(22)19(21)8-3-2-4-9-19/h7,12,15,17,22H,2-6,8-11,13H2,1H3. The van der Waals surface area contributed by atoms with Crippen LogP contribution in [-0.4, -0.2) is 51.6 Å². The molecule has 2 aliphatic heterocycles. The number of aliphatic hydroxyl groups is 1. The summed E-state index contributed by atoms with van der Waals surface area (Å²) in [6.45, 7) is 5.33. The first-order chi connectivity index (χ1) is 11.6. The molecule has 1 spiro atoms. The van der Waals surface area contributed by atoms with E-state index in [4.69, 9.17) is 0 Å². The van der Waals surface area contributed by atoms with Crippen molar-refractivity contribution in [3.8, 4) is 0 Å². The molecule has 0 bridgehead atoms. The topological polar surface area (TPSA) is 43.8 Å². The number of thiophene rings is 1. The van der Waals surface area contributed by atoms with E-state index in [0.29, 0.717) is 6.04 Å². The van der Waals surface area contributed by atoms with E-state index in [1.54, 1.807) is 0 Å². The summed E-state index contributed by atoms with van der Waals surface area (Å²) in [5.74, 6) is -0.00977. The van der Waals surface area contributed by atoms with Crippen LogP contribution in [0.15, 0.2) is 11.4 Å². The van der Waals surface area contributed by atoms with Gasteiger partial charge in [-0.25, -0.2) is 0 Å². The highest BCUT2D eigenvalue weighted by Crippen LogP contribution is 2.46. The molecule has 5 heteroatoms. The number of carbonyl (C=O) groups excluding carboxylic acids is 1. The van der Waals surface area contributed by atoms with Crippen molar-refractivity contribution in [1.29, 1.82) is 0 Å². The van der Waals surface area contributed by atoms with Gasteiger partial charge >= 0.3 is 0 Å². The van der Waals surface area contributed by atoms with Gasteiger partial charge in [-0.2, -0.15) is 0 Å². The minimum atomic E-state index is -0.732. The summed E-state index contributed by atoms with van der Waals surface area (Å²) >= 11 is 1.84. The van der Waals surface area contributed by atoms with E-state index in [1.165, 1.54) is 16.9 Å². The molecule has 3 aliphatic rings. The fraction of sp³-hybridized carbons (Fsp3) is 0.737. The number of β-lactam (4-membered cyclic amide) rings is 1. The van der Waals surface area contributed by atoms with Gasteiger partial charge in [0.25, 0.3) is 5.91 Å². The molecule has 2 saturated heterocycles. The number of hydrogen-bond acceptors (Lipinski definition) is 4. The summed E-state index contributed by atoms with van der Waals surface area (Å²) in [5.41, 5.74) is 1.18. The number of amides is 1. The van der Waals surface area contributed by atoms with Gasteiger partial charge in [-0.15, -0.1) is 11.3 Å². The molecular weight excluding hydrogens is 320 g/mol. The van der Waals surface area contributed by atoms with Crippen LogP contribution in [0, 0.1) is 6.92 Å². The summed E-state index contributed by atoms with van der Waals surface area (Å²) in [6.07, 6.45) is 6.90. The molecule has 1 N–H and O–H groups in total. The van der Waals surface area contributed by atoms with Crippen molar-refractivity contribution in [2.75, 3.05) is 13.1 Å². The van der Waals surface area contributed by atoms with E-state index in [2.05, 4.69) is 28.2 Å². The minimum absolute atomic E-state index is 0.00977. The highest BCUT2D eigenvalue weighted by Gasteiger charge is 2.61. The zero-order chi connectivity index (χ0) is 16.7. The Balaban J connectivity index is 1.38. The van der Waals surface area contributed by atoms with E-state index < -0.39 is 6.10 Å². The lowest BCUT2D eigenvalue weighted by Gasteiger charge is -2.61. The van der Waals surface area contributed by atoms with Gasteiger partial charge in [-0.05, 0) is 49.6 Å². The zero-order valence-corrected chi connectivity index (χ0v) is 15.4. The SMILES string of the molecule is Cc1ccsc1CN1CCC(N2C(=O)C(O)C23CCCCC3)CC1. The van der Waals surface area contributed by atoms with E-state index in [-0.39, 0.29) is 11.4 Å². The fourth-order valence-electron chi connectivity index (χ4n) is 4.97. The average Bonchev–Trinajstić information content (AvgIpc) is 3.02. The minimum Gasteiger partial charge on any atom is -0.381 e. The fourth-order valence-corrected chi connectivity index (χ4v) is 5.92. The van der Waals surface area contributed by atoms with E-state index in [1.807, 2.05) is 11.3 Å². The lowest BCUT2D eigenvalue weighted by atomic mass is 9.68. The predicted octanol–water partition coefficient (Wildman–Crippen LogP) is 2.93. The summed E-state index contributed by atoms with van der Waals surface area (Å²) in [6, 6.07) is 2.53. The van der Waals surface area contributed by atoms with E-state index in [9.17, 15) is 9.90 Å². The number of likely N-dealkylation sites (tertiary alicyclic amines) is 2. The lowest BCUT2D eigenvalue weighted by molar-refractivity contribution is -0.201. The van der Waals surface area contributed by atoms with Gasteiger partial charge in [0.1, 0.15) is 0 Å². The second kappa shape index (κ2) is 6.43. The first kappa shape index (κ1) is 16.6. The summed E-state index contributed by atoms with van der Waals surface area (Å²) in [4.78, 5) is 18.5. The predicted molar refractivity (Wildman–Crippen MR) is 96.0 cm³/mol. The van der Waals surface area contributed by atoms with Crippen LogP contribution in [0.4, 0.5) is 0 Å². The molecule has 1 aliphatic carbocycles. The van der Waals surface area contributed by atoms with Crippen LogP contribution in [0.2, 0.25) is 0 Å². The van der Waals surface area contributed by atoms with Crippen molar-refractivity contribution >= 4 is 17.2 Å². The molecule has 1 aromatic heterocycles. The largest absolute Gasteiger partial charge is 0.381 e. The number of nitrogens with zero attached hydrogens (tertiary/aromatic N) is 2. The number of aliphatic hydroxyl groups excluding tert-OH is 1. The number of aryl methyl sites for hydroxylation is 1. The third kappa shape index (κ3) is 2.61. The van der Waals surface area contributed by atoms with Crippen molar-refractivity contribution in [3.63, 3.8) is 0 Å². The molecule has 1 aromatic rings. The third-order valence-corrected chi connectivity index (χ3v) is 7.44. The summed E-state index contributed by atoms with van der Waals surface area (Å²) in [5, 5.41) is 12.5. The van der Waals surface area contributed by atoms with Crippen LogP contribution < -0.4 is 0 Å². The van der Waals surface area contributed by atoms with E-state index in [0.717, 1.165) is 58.2 Å². The van der Waals surface area contributed by atoms with Crippen molar-refractivity contribution in [2.24, 2.45) is 0 Å². The van der Waals surface area contributed by atoms with Gasteiger partial charge in [0.2, 0.25) is 0 Å². The molecule has 0 aromatic carbocycles. The van der Waals surface area contributed by atoms with Crippen LogP contribution in [0.1, 0.15) is 55.4 Å². The van der Waals surface area contributed by atoms with Crippen molar-refractivity contribution < 1.29 is 9.90 Å². The number of rotatable bonds is 3. The van der Waals surface area contributed by atoms with Gasteiger partial charge in [0.15, 0.2) is 6.10 Å². The number of piperidine rings is 1. The molecule has 0 radical (unpaired) electrons. The van der Waals surface area contributed by atoms with Crippen molar-refractivity contribution in [2.45, 2.75) is 76.1 Å². The molecule has 3 heterocycles. The Morgan fingerprint density at radius 1 is 1.25 bits per heavy atom. The van der Waals surface area contributed by atoms with Gasteiger partial charge in [0, 0.05) is 30.6 Å². The number of carbonyl (C=O) groups is 1. The van der Waals surface area contributed by atoms with Crippen LogP contribution in [0.5, 0.6) is 0 Å². The van der Waals surface area contributed by atoms with Crippen LogP contribution in [0.25, 0.3) is 0 Å². The molecule has 1 saturated carbocycles. The van der Waals surface area contributed by atoms with Crippen molar-refractivity contribution in [3.05, 3.63) is 21.9 Å². The second-order valence-corrected chi connectivity index (χ2v) is 8.81. The van der Waals surface area contributed by atoms with Crippen LogP contribution in [0.3, 0.4) is 0 Å². The monoisotopic (exact) mass is 348 g/mol. The Hall–Kier alpha value is -0.910. The molecule has 3 fully saturated rings. The summed E-state index contributed by atoms with van der Waals surface area (Å²) < 4.78 is 0. The second-order valence-electron chi connectivity index (χ2n) is 7.81. The Kier molecular flexibility index (Phi) is 4.43. The average molecular weight is 349 g/mol. The van der Waals surface area contributed by atoms with Crippen molar-refractivity contribution in [1.82, 2.24) is 9.80 Å². The maximum Gasteiger partial charge on any atom is 0.254 e. The highest BCUT2D eigenvalue weighted by atomic mass is 32.1. The number of hydrogen-bond donors (Lipinski definition) is 1. The van der Waals surface area contributed by atoms with Gasteiger partial charge in [-0.3, -0.25) is 9.69 Å². The molecule has 24 heavy (non-hydrogen) atoms. The third-order valence-electron chi connectivity index (χ3n) is 6.44. The smallest absolute Gasteiger partial charge is 0.254 e. The van der Waals surface area contributed by atoms with Gasteiger partial charge < -0.3 is 10.0 Å². The highest BCUT2D eigenvalue weighted by molar-refractivity contribution is 7.10. The molecule has 1 amide bonds. The van der Waals surface area contributed by atoms with Gasteiger partial charge in [-0.1, -0.05) is 19.3 Å². The quantitative estimate of drug-likeness (QED) is 0.854. The van der Waals surface area contributed by atoms with Gasteiger partial charge in [0.05, 0.1) is 5.54 Å². The molecule has 1 atom stereocenters. The molecule has 4 nitrogen and oxygen atoms in total. The summed E-state index contributed by atoms with van der Waals surface area (Å²) in [7, 11) is 0. The molecule has 4 rings (SSSR count). The lowest BCUT2D eigenvalue weighted by Crippen LogP contribution is -2.77. The Bertz CT molecular complexity index is 600. The normalized spacial score (nSPS) is 28.3. The molecular formula is C19H28N2O2S. The van der Waals surface area contributed by atoms with Crippen LogP contribution in [-0.2, 0) is 11.3 Å². The zero-order valence-electron chi connectivity index (χ0n) is 14.5. The molecule has 1 unspecified atom stereocenters.